The monoisotopic (exact) mass is 189 g/mol. The van der Waals surface area contributed by atoms with Crippen molar-refractivity contribution < 1.29 is 14.6 Å². The molecular formula is C9H19NO3. The summed E-state index contributed by atoms with van der Waals surface area (Å²) in [7, 11) is 5.47. The van der Waals surface area contributed by atoms with Gasteiger partial charge in [0.1, 0.15) is 6.10 Å². The predicted octanol–water partition coefficient (Wildman–Crippen LogP) is 0.0588. The molecule has 0 aromatic carbocycles. The average Bonchev–Trinajstić information content (AvgIpc) is 2.08. The zero-order valence-corrected chi connectivity index (χ0v) is 8.73. The maximum atomic E-state index is 9.83. The van der Waals surface area contributed by atoms with Gasteiger partial charge in [0, 0.05) is 13.2 Å². The Balaban J connectivity index is 2.63. The minimum atomic E-state index is -0.559. The highest BCUT2D eigenvalue weighted by Gasteiger charge is 2.37. The number of aliphatic hydroxyl groups is 1. The maximum Gasteiger partial charge on any atom is 0.184 e. The van der Waals surface area contributed by atoms with Crippen LogP contribution in [0.2, 0.25) is 0 Å². The molecule has 4 atom stereocenters. The van der Waals surface area contributed by atoms with Crippen LogP contribution in [0.4, 0.5) is 0 Å². The molecule has 0 aromatic heterocycles. The van der Waals surface area contributed by atoms with Gasteiger partial charge in [-0.05, 0) is 27.4 Å². The molecular weight excluding hydrogens is 170 g/mol. The number of aliphatic hydroxyl groups excluding tert-OH is 1. The Morgan fingerprint density at radius 3 is 2.54 bits per heavy atom. The smallest absolute Gasteiger partial charge is 0.184 e. The molecule has 1 saturated heterocycles. The highest BCUT2D eigenvalue weighted by atomic mass is 16.7. The number of likely N-dealkylation sites (N-methyl/N-ethyl adjacent to an activating group) is 1. The van der Waals surface area contributed by atoms with E-state index >= 15 is 0 Å². The molecule has 0 radical (unpaired) electrons. The van der Waals surface area contributed by atoms with Gasteiger partial charge in [-0.25, -0.2) is 0 Å². The van der Waals surface area contributed by atoms with Crippen molar-refractivity contribution in [1.82, 2.24) is 4.90 Å². The van der Waals surface area contributed by atoms with E-state index in [0.29, 0.717) is 0 Å². The molecule has 1 heterocycles. The minimum Gasteiger partial charge on any atom is -0.386 e. The highest BCUT2D eigenvalue weighted by molar-refractivity contribution is 4.84. The minimum absolute atomic E-state index is 0.119. The predicted molar refractivity (Wildman–Crippen MR) is 49.4 cm³/mol. The Labute approximate surface area is 79.4 Å². The molecule has 1 N–H and O–H groups in total. The molecule has 4 nitrogen and oxygen atoms in total. The molecule has 1 aliphatic heterocycles. The van der Waals surface area contributed by atoms with Crippen molar-refractivity contribution in [3.63, 3.8) is 0 Å². The van der Waals surface area contributed by atoms with Crippen LogP contribution in [0.5, 0.6) is 0 Å². The van der Waals surface area contributed by atoms with Crippen LogP contribution in [-0.4, -0.2) is 55.8 Å². The Kier molecular flexibility index (Phi) is 3.67. The number of hydrogen-bond donors (Lipinski definition) is 1. The van der Waals surface area contributed by atoms with E-state index in [2.05, 4.69) is 0 Å². The third-order valence-electron chi connectivity index (χ3n) is 2.51. The molecule has 0 aliphatic carbocycles. The number of rotatable bonds is 2. The highest BCUT2D eigenvalue weighted by Crippen LogP contribution is 2.23. The lowest BCUT2D eigenvalue weighted by Crippen LogP contribution is -2.53. The van der Waals surface area contributed by atoms with Gasteiger partial charge in [-0.15, -0.1) is 0 Å². The normalized spacial score (nSPS) is 41.1. The van der Waals surface area contributed by atoms with Crippen LogP contribution in [0.3, 0.4) is 0 Å². The van der Waals surface area contributed by atoms with E-state index in [-0.39, 0.29) is 12.1 Å². The second-order valence-electron chi connectivity index (χ2n) is 3.81. The molecule has 0 amide bonds. The lowest BCUT2D eigenvalue weighted by molar-refractivity contribution is -0.242. The first kappa shape index (κ1) is 10.9. The summed E-state index contributed by atoms with van der Waals surface area (Å²) >= 11 is 0. The zero-order valence-electron chi connectivity index (χ0n) is 8.73. The number of nitrogens with zero attached hydrogens (tertiary/aromatic N) is 1. The Morgan fingerprint density at radius 2 is 2.08 bits per heavy atom. The van der Waals surface area contributed by atoms with Gasteiger partial charge < -0.3 is 19.5 Å². The van der Waals surface area contributed by atoms with E-state index in [9.17, 15) is 5.11 Å². The summed E-state index contributed by atoms with van der Waals surface area (Å²) < 4.78 is 10.5. The molecule has 0 spiro atoms. The van der Waals surface area contributed by atoms with E-state index in [1.165, 1.54) is 0 Å². The first-order valence-electron chi connectivity index (χ1n) is 4.59. The zero-order chi connectivity index (χ0) is 10.0. The molecule has 1 aliphatic rings. The Morgan fingerprint density at radius 1 is 1.46 bits per heavy atom. The van der Waals surface area contributed by atoms with Crippen molar-refractivity contribution in [2.24, 2.45) is 0 Å². The largest absolute Gasteiger partial charge is 0.386 e. The van der Waals surface area contributed by atoms with E-state index in [0.717, 1.165) is 6.42 Å². The van der Waals surface area contributed by atoms with Crippen LogP contribution in [0.25, 0.3) is 0 Å². The molecule has 0 saturated carbocycles. The number of methoxy groups -OCH3 is 1. The van der Waals surface area contributed by atoms with E-state index in [1.54, 1.807) is 7.11 Å². The van der Waals surface area contributed by atoms with Crippen molar-refractivity contribution in [2.75, 3.05) is 21.2 Å². The second kappa shape index (κ2) is 4.37. The van der Waals surface area contributed by atoms with E-state index in [1.807, 2.05) is 25.9 Å². The lowest BCUT2D eigenvalue weighted by Gasteiger charge is -2.40. The van der Waals surface area contributed by atoms with Gasteiger partial charge >= 0.3 is 0 Å². The second-order valence-corrected chi connectivity index (χ2v) is 3.81. The summed E-state index contributed by atoms with van der Waals surface area (Å²) in [5.41, 5.74) is 0. The topological polar surface area (TPSA) is 41.9 Å². The number of hydrogen-bond acceptors (Lipinski definition) is 4. The summed E-state index contributed by atoms with van der Waals surface area (Å²) in [6.07, 6.45) is -0.0679. The van der Waals surface area contributed by atoms with Crippen molar-refractivity contribution >= 4 is 0 Å². The Bertz CT molecular complexity index is 163. The van der Waals surface area contributed by atoms with Gasteiger partial charge in [-0.3, -0.25) is 0 Å². The Hall–Kier alpha value is -0.160. The summed E-state index contributed by atoms with van der Waals surface area (Å²) in [6.45, 7) is 1.99. The maximum absolute atomic E-state index is 9.83. The van der Waals surface area contributed by atoms with Gasteiger partial charge in [0.2, 0.25) is 0 Å². The fraction of sp³-hybridized carbons (Fsp3) is 1.00. The first-order valence-corrected chi connectivity index (χ1v) is 4.59. The summed E-state index contributed by atoms with van der Waals surface area (Å²) in [5.74, 6) is 0. The fourth-order valence-electron chi connectivity index (χ4n) is 1.74. The summed E-state index contributed by atoms with van der Waals surface area (Å²) in [6, 6.07) is 0.119. The summed E-state index contributed by atoms with van der Waals surface area (Å²) in [5, 5.41) is 9.83. The van der Waals surface area contributed by atoms with Gasteiger partial charge in [0.25, 0.3) is 0 Å². The van der Waals surface area contributed by atoms with E-state index in [4.69, 9.17) is 9.47 Å². The molecule has 78 valence electrons. The molecule has 1 fully saturated rings. The standard InChI is InChI=1S/C9H19NO3/c1-6-5-7(10(2)3)8(11)9(12-4)13-6/h6-9,11H,5H2,1-4H3. The van der Waals surface area contributed by atoms with E-state index < -0.39 is 12.4 Å². The number of ether oxygens (including phenoxy) is 2. The van der Waals surface area contributed by atoms with Crippen molar-refractivity contribution in [2.45, 2.75) is 37.9 Å². The third kappa shape index (κ3) is 2.40. The van der Waals surface area contributed by atoms with Gasteiger partial charge in [0.15, 0.2) is 6.29 Å². The fourth-order valence-corrected chi connectivity index (χ4v) is 1.74. The first-order chi connectivity index (χ1) is 6.06. The molecule has 0 aromatic rings. The van der Waals surface area contributed by atoms with Crippen LogP contribution in [-0.2, 0) is 9.47 Å². The SMILES string of the molecule is COC1OC(C)CC(N(C)C)C1O. The van der Waals surface area contributed by atoms with Crippen LogP contribution in [0, 0.1) is 0 Å². The molecule has 13 heavy (non-hydrogen) atoms. The van der Waals surface area contributed by atoms with Crippen molar-refractivity contribution in [3.8, 4) is 0 Å². The van der Waals surface area contributed by atoms with Crippen LogP contribution >= 0.6 is 0 Å². The molecule has 0 bridgehead atoms. The van der Waals surface area contributed by atoms with Crippen LogP contribution < -0.4 is 0 Å². The van der Waals surface area contributed by atoms with Crippen molar-refractivity contribution in [1.29, 1.82) is 0 Å². The summed E-state index contributed by atoms with van der Waals surface area (Å²) in [4.78, 5) is 2.01. The molecule has 1 rings (SSSR count). The van der Waals surface area contributed by atoms with Gasteiger partial charge in [-0.2, -0.15) is 0 Å². The quantitative estimate of drug-likeness (QED) is 0.667. The molecule has 4 heteroatoms. The van der Waals surface area contributed by atoms with Crippen LogP contribution in [0.15, 0.2) is 0 Å². The van der Waals surface area contributed by atoms with Gasteiger partial charge in [0.05, 0.1) is 6.10 Å². The van der Waals surface area contributed by atoms with Crippen LogP contribution in [0.1, 0.15) is 13.3 Å². The average molecular weight is 189 g/mol. The third-order valence-corrected chi connectivity index (χ3v) is 2.51. The lowest BCUT2D eigenvalue weighted by atomic mass is 9.99. The molecule has 4 unspecified atom stereocenters. The van der Waals surface area contributed by atoms with Gasteiger partial charge in [-0.1, -0.05) is 0 Å². The van der Waals surface area contributed by atoms with Crippen molar-refractivity contribution in [3.05, 3.63) is 0 Å².